The third-order valence-corrected chi connectivity index (χ3v) is 5.67. The van der Waals surface area contributed by atoms with E-state index < -0.39 is 20.0 Å². The molecule has 1 aliphatic heterocycles. The number of hydrogen-bond donors (Lipinski definition) is 1. The molecular formula is C9H20N2O4S2. The van der Waals surface area contributed by atoms with Crippen molar-refractivity contribution < 1.29 is 16.8 Å². The van der Waals surface area contributed by atoms with Gasteiger partial charge >= 0.3 is 0 Å². The molecule has 1 saturated heterocycles. The van der Waals surface area contributed by atoms with Crippen LogP contribution in [0.15, 0.2) is 0 Å². The Bertz CT molecular complexity index is 424. The first-order valence-corrected chi connectivity index (χ1v) is 9.26. The number of likely N-dealkylation sites (tertiary alicyclic amines) is 1. The number of rotatable bonds is 6. The molecule has 1 heterocycles. The molecule has 0 aromatic rings. The SMILES string of the molecule is CS(=O)(=O)NS(=O)(=O)CCCN1CCCCC1. The van der Waals surface area contributed by atoms with Crippen molar-refractivity contribution in [3.8, 4) is 0 Å². The van der Waals surface area contributed by atoms with E-state index in [-0.39, 0.29) is 5.75 Å². The van der Waals surface area contributed by atoms with Crippen molar-refractivity contribution in [2.24, 2.45) is 0 Å². The van der Waals surface area contributed by atoms with Gasteiger partial charge in [-0.1, -0.05) is 6.42 Å². The van der Waals surface area contributed by atoms with Gasteiger partial charge in [0.15, 0.2) is 0 Å². The molecule has 0 aliphatic carbocycles. The van der Waals surface area contributed by atoms with Crippen LogP contribution in [0.25, 0.3) is 0 Å². The zero-order valence-electron chi connectivity index (χ0n) is 10.1. The molecule has 0 aromatic heterocycles. The van der Waals surface area contributed by atoms with Crippen molar-refractivity contribution in [3.05, 3.63) is 0 Å². The van der Waals surface area contributed by atoms with Crippen molar-refractivity contribution in [3.63, 3.8) is 0 Å². The first kappa shape index (κ1) is 14.9. The Kier molecular flexibility index (Phi) is 5.36. The summed E-state index contributed by atoms with van der Waals surface area (Å²) in [6.45, 7) is 2.74. The maximum atomic E-state index is 11.4. The van der Waals surface area contributed by atoms with Gasteiger partial charge in [-0.05, 0) is 38.9 Å². The summed E-state index contributed by atoms with van der Waals surface area (Å²) < 4.78 is 46.0. The normalized spacial score (nSPS) is 19.4. The summed E-state index contributed by atoms with van der Waals surface area (Å²) in [6.07, 6.45) is 4.87. The lowest BCUT2D eigenvalue weighted by molar-refractivity contribution is 0.229. The van der Waals surface area contributed by atoms with Gasteiger partial charge in [0.25, 0.3) is 0 Å². The minimum Gasteiger partial charge on any atom is -0.303 e. The maximum absolute atomic E-state index is 11.4. The average Bonchev–Trinajstić information content (AvgIpc) is 2.15. The molecule has 0 radical (unpaired) electrons. The lowest BCUT2D eigenvalue weighted by Gasteiger charge is -2.26. The molecule has 1 aliphatic rings. The molecular weight excluding hydrogens is 264 g/mol. The number of piperidine rings is 1. The topological polar surface area (TPSA) is 83.5 Å². The molecule has 0 spiro atoms. The van der Waals surface area contributed by atoms with Gasteiger partial charge in [0.05, 0.1) is 12.0 Å². The van der Waals surface area contributed by atoms with Crippen LogP contribution < -0.4 is 4.13 Å². The Hall–Kier alpha value is -0.180. The predicted octanol–water partition coefficient (Wildman–Crippen LogP) is -0.259. The van der Waals surface area contributed by atoms with E-state index >= 15 is 0 Å². The van der Waals surface area contributed by atoms with Crippen LogP contribution in [0.2, 0.25) is 0 Å². The zero-order valence-corrected chi connectivity index (χ0v) is 11.7. The van der Waals surface area contributed by atoms with Crippen LogP contribution in [0.4, 0.5) is 0 Å². The van der Waals surface area contributed by atoms with Crippen molar-refractivity contribution in [2.75, 3.05) is 31.6 Å². The summed E-state index contributed by atoms with van der Waals surface area (Å²) in [5.41, 5.74) is 0. The van der Waals surface area contributed by atoms with E-state index in [1.165, 1.54) is 6.42 Å². The summed E-state index contributed by atoms with van der Waals surface area (Å²) in [4.78, 5) is 2.22. The highest BCUT2D eigenvalue weighted by Crippen LogP contribution is 2.08. The molecule has 0 amide bonds. The summed E-state index contributed by atoms with van der Waals surface area (Å²) >= 11 is 0. The van der Waals surface area contributed by atoms with Gasteiger partial charge in [-0.3, -0.25) is 0 Å². The smallest absolute Gasteiger partial charge is 0.224 e. The van der Waals surface area contributed by atoms with Crippen molar-refractivity contribution in [2.45, 2.75) is 25.7 Å². The van der Waals surface area contributed by atoms with E-state index in [1.807, 2.05) is 0 Å². The highest BCUT2D eigenvalue weighted by molar-refractivity contribution is 8.04. The second-order valence-corrected chi connectivity index (χ2v) is 8.28. The van der Waals surface area contributed by atoms with E-state index in [4.69, 9.17) is 0 Å². The molecule has 1 fully saturated rings. The molecule has 1 N–H and O–H groups in total. The highest BCUT2D eigenvalue weighted by Gasteiger charge is 2.17. The lowest BCUT2D eigenvalue weighted by Crippen LogP contribution is -2.35. The average molecular weight is 284 g/mol. The van der Waals surface area contributed by atoms with Crippen LogP contribution in [-0.2, 0) is 20.0 Å². The zero-order chi connectivity index (χ0) is 12.9. The monoisotopic (exact) mass is 284 g/mol. The predicted molar refractivity (Wildman–Crippen MR) is 66.7 cm³/mol. The van der Waals surface area contributed by atoms with Crippen molar-refractivity contribution in [1.29, 1.82) is 0 Å². The van der Waals surface area contributed by atoms with Gasteiger partial charge in [-0.2, -0.15) is 0 Å². The molecule has 1 rings (SSSR count). The second-order valence-electron chi connectivity index (χ2n) is 4.43. The third kappa shape index (κ3) is 6.97. The van der Waals surface area contributed by atoms with Crippen molar-refractivity contribution >= 4 is 20.0 Å². The summed E-state index contributed by atoms with van der Waals surface area (Å²) in [5.74, 6) is -0.142. The fourth-order valence-corrected chi connectivity index (χ4v) is 4.62. The number of sulfonamides is 2. The van der Waals surface area contributed by atoms with Crippen LogP contribution in [0.5, 0.6) is 0 Å². The molecule has 0 unspecified atom stereocenters. The fraction of sp³-hybridized carbons (Fsp3) is 1.00. The van der Waals surface area contributed by atoms with Crippen LogP contribution in [0.3, 0.4) is 0 Å². The van der Waals surface area contributed by atoms with E-state index in [0.29, 0.717) is 13.0 Å². The van der Waals surface area contributed by atoms with Gasteiger partial charge < -0.3 is 4.90 Å². The minimum absolute atomic E-state index is 0.142. The van der Waals surface area contributed by atoms with E-state index in [2.05, 4.69) is 4.90 Å². The summed E-state index contributed by atoms with van der Waals surface area (Å²) in [6, 6.07) is 0. The van der Waals surface area contributed by atoms with Crippen LogP contribution >= 0.6 is 0 Å². The highest BCUT2D eigenvalue weighted by atomic mass is 32.3. The molecule has 0 saturated carbocycles. The molecule has 0 aromatic carbocycles. The Balaban J connectivity index is 2.30. The van der Waals surface area contributed by atoms with Crippen LogP contribution in [0, 0.1) is 0 Å². The molecule has 17 heavy (non-hydrogen) atoms. The van der Waals surface area contributed by atoms with Gasteiger partial charge in [0, 0.05) is 0 Å². The first-order chi connectivity index (χ1) is 7.79. The summed E-state index contributed by atoms with van der Waals surface area (Å²) in [5, 5.41) is 0. The van der Waals surface area contributed by atoms with Gasteiger partial charge in [0.1, 0.15) is 0 Å². The minimum atomic E-state index is -3.70. The number of nitrogens with one attached hydrogen (secondary N) is 1. The van der Waals surface area contributed by atoms with Gasteiger partial charge in [-0.15, -0.1) is 4.13 Å². The molecule has 102 valence electrons. The van der Waals surface area contributed by atoms with Gasteiger partial charge in [-0.25, -0.2) is 16.8 Å². The van der Waals surface area contributed by atoms with Crippen LogP contribution in [-0.4, -0.2) is 53.4 Å². The Morgan fingerprint density at radius 3 is 2.18 bits per heavy atom. The first-order valence-electron chi connectivity index (χ1n) is 5.72. The molecule has 0 bridgehead atoms. The Morgan fingerprint density at radius 1 is 1.06 bits per heavy atom. The Morgan fingerprint density at radius 2 is 1.65 bits per heavy atom. The Labute approximate surface area is 103 Å². The van der Waals surface area contributed by atoms with Crippen LogP contribution in [0.1, 0.15) is 25.7 Å². The summed E-state index contributed by atoms with van der Waals surface area (Å²) in [7, 11) is -7.39. The second kappa shape index (κ2) is 6.12. The number of hydrogen-bond acceptors (Lipinski definition) is 5. The lowest BCUT2D eigenvalue weighted by atomic mass is 10.1. The van der Waals surface area contributed by atoms with E-state index in [9.17, 15) is 16.8 Å². The quantitative estimate of drug-likeness (QED) is 0.726. The standard InChI is InChI=1S/C9H20N2O4S2/c1-16(12,13)10-17(14,15)9-5-8-11-6-3-2-4-7-11/h10H,2-9H2,1H3. The molecule has 0 atom stereocenters. The van der Waals surface area contributed by atoms with Crippen molar-refractivity contribution in [1.82, 2.24) is 9.03 Å². The largest absolute Gasteiger partial charge is 0.303 e. The third-order valence-electron chi connectivity index (χ3n) is 2.61. The molecule has 6 nitrogen and oxygen atoms in total. The maximum Gasteiger partial charge on any atom is 0.224 e. The fourth-order valence-electron chi connectivity index (χ4n) is 1.93. The van der Waals surface area contributed by atoms with E-state index in [0.717, 1.165) is 32.2 Å². The van der Waals surface area contributed by atoms with E-state index in [1.54, 1.807) is 4.13 Å². The molecule has 8 heteroatoms. The van der Waals surface area contributed by atoms with Gasteiger partial charge in [0.2, 0.25) is 20.0 Å². The number of nitrogens with zero attached hydrogens (tertiary/aromatic N) is 1.